The van der Waals surface area contributed by atoms with Crippen molar-refractivity contribution in [2.45, 2.75) is 72.2 Å². The quantitative estimate of drug-likeness (QED) is 0.124. The molecule has 0 aromatic heterocycles. The maximum absolute atomic E-state index is 12.3. The highest BCUT2D eigenvalue weighted by atomic mass is 16.7. The molecule has 0 spiro atoms. The van der Waals surface area contributed by atoms with Gasteiger partial charge in [0.2, 0.25) is 6.29 Å². The molecular weight excluding hydrogens is 486 g/mol. The predicted molar refractivity (Wildman–Crippen MR) is 116 cm³/mol. The summed E-state index contributed by atoms with van der Waals surface area (Å²) in [4.78, 5) is 71.5. The number of rotatable bonds is 11. The van der Waals surface area contributed by atoms with Crippen molar-refractivity contribution in [3.63, 3.8) is 0 Å². The van der Waals surface area contributed by atoms with Crippen molar-refractivity contribution in [1.29, 1.82) is 0 Å². The minimum Gasteiger partial charge on any atom is -0.463 e. The van der Waals surface area contributed by atoms with Crippen LogP contribution >= 0.6 is 0 Å². The zero-order chi connectivity index (χ0) is 27.4. The summed E-state index contributed by atoms with van der Waals surface area (Å²) in [7, 11) is 0. The third-order valence-electron chi connectivity index (χ3n) is 4.39. The second-order valence-electron chi connectivity index (χ2n) is 7.29. The van der Waals surface area contributed by atoms with Crippen LogP contribution in [0.15, 0.2) is 11.8 Å². The van der Waals surface area contributed by atoms with Crippen LogP contribution in [-0.4, -0.2) is 86.3 Å². The van der Waals surface area contributed by atoms with Crippen molar-refractivity contribution in [3.05, 3.63) is 11.8 Å². The second kappa shape index (κ2) is 14.7. The fourth-order valence-electron chi connectivity index (χ4n) is 3.14. The number of hydrogen-bond acceptors (Lipinski definition) is 14. The summed E-state index contributed by atoms with van der Waals surface area (Å²) in [5.74, 6) is -5.10. The topological polar surface area (TPSA) is 179 Å². The Morgan fingerprint density at radius 1 is 0.722 bits per heavy atom. The van der Waals surface area contributed by atoms with E-state index in [9.17, 15) is 28.8 Å². The van der Waals surface area contributed by atoms with Crippen LogP contribution in [0.25, 0.3) is 0 Å². The van der Waals surface area contributed by atoms with Crippen molar-refractivity contribution in [2.75, 3.05) is 19.8 Å². The Bertz CT molecular complexity index is 848. The number of ether oxygens (including phenoxy) is 7. The SMILES string of the molecule is CCOC(=O)C(=CN[C@@H]1[C@H](OC(C)=O)O[C@H](COC(C)=O)[C@@H](OC(C)=O)[C@@H]1OC(C)=O)C(=O)OCC. The van der Waals surface area contributed by atoms with E-state index in [1.807, 2.05) is 0 Å². The monoisotopic (exact) mass is 517 g/mol. The van der Waals surface area contributed by atoms with E-state index in [1.54, 1.807) is 0 Å². The summed E-state index contributed by atoms with van der Waals surface area (Å²) < 4.78 is 36.3. The lowest BCUT2D eigenvalue weighted by Crippen LogP contribution is -2.65. The summed E-state index contributed by atoms with van der Waals surface area (Å²) in [6.45, 7) is 6.93. The number of esters is 6. The third kappa shape index (κ3) is 9.52. The minimum absolute atomic E-state index is 0.0411. The van der Waals surface area contributed by atoms with E-state index < -0.39 is 78.6 Å². The summed E-state index contributed by atoms with van der Waals surface area (Å²) in [6.07, 6.45) is -4.55. The molecule has 0 radical (unpaired) electrons. The van der Waals surface area contributed by atoms with Crippen molar-refractivity contribution < 1.29 is 61.9 Å². The number of carbonyl (C=O) groups is 6. The van der Waals surface area contributed by atoms with Crippen LogP contribution in [0.2, 0.25) is 0 Å². The fraction of sp³-hybridized carbons (Fsp3) is 0.636. The van der Waals surface area contributed by atoms with E-state index in [-0.39, 0.29) is 13.2 Å². The lowest BCUT2D eigenvalue weighted by atomic mass is 9.96. The third-order valence-corrected chi connectivity index (χ3v) is 4.39. The Morgan fingerprint density at radius 2 is 1.22 bits per heavy atom. The molecule has 0 saturated carbocycles. The van der Waals surface area contributed by atoms with Gasteiger partial charge in [0.25, 0.3) is 0 Å². The lowest BCUT2D eigenvalue weighted by Gasteiger charge is -2.44. The van der Waals surface area contributed by atoms with Gasteiger partial charge in [0.05, 0.1) is 13.2 Å². The molecule has 0 unspecified atom stereocenters. The van der Waals surface area contributed by atoms with Gasteiger partial charge in [-0.2, -0.15) is 0 Å². The summed E-state index contributed by atoms with van der Waals surface area (Å²) in [5, 5.41) is 2.66. The van der Waals surface area contributed by atoms with Crippen LogP contribution in [-0.2, 0) is 61.9 Å². The maximum Gasteiger partial charge on any atom is 0.347 e. The molecule has 1 fully saturated rings. The molecule has 1 saturated heterocycles. The molecule has 0 aromatic rings. The first-order valence-corrected chi connectivity index (χ1v) is 11.0. The first-order valence-electron chi connectivity index (χ1n) is 11.0. The van der Waals surface area contributed by atoms with E-state index in [0.29, 0.717) is 0 Å². The Balaban J connectivity index is 3.52. The molecule has 1 N–H and O–H groups in total. The zero-order valence-corrected chi connectivity index (χ0v) is 20.9. The zero-order valence-electron chi connectivity index (χ0n) is 20.9. The number of nitrogens with one attached hydrogen (secondary N) is 1. The number of hydrogen-bond donors (Lipinski definition) is 1. The fourth-order valence-corrected chi connectivity index (χ4v) is 3.14. The highest BCUT2D eigenvalue weighted by Gasteiger charge is 2.51. The van der Waals surface area contributed by atoms with Gasteiger partial charge in [0.1, 0.15) is 18.8 Å². The Kier molecular flexibility index (Phi) is 12.4. The molecule has 0 amide bonds. The van der Waals surface area contributed by atoms with Gasteiger partial charge in [-0.1, -0.05) is 0 Å². The molecule has 14 heteroatoms. The van der Waals surface area contributed by atoms with Gasteiger partial charge in [0, 0.05) is 33.9 Å². The van der Waals surface area contributed by atoms with Gasteiger partial charge in [-0.3, -0.25) is 19.2 Å². The molecule has 14 nitrogen and oxygen atoms in total. The molecule has 1 aliphatic rings. The van der Waals surface area contributed by atoms with Gasteiger partial charge in [-0.15, -0.1) is 0 Å². The molecule has 0 aromatic carbocycles. The van der Waals surface area contributed by atoms with Crippen molar-refractivity contribution >= 4 is 35.8 Å². The predicted octanol–water partition coefficient (Wildman–Crippen LogP) is -0.331. The first-order chi connectivity index (χ1) is 16.9. The van der Waals surface area contributed by atoms with Gasteiger partial charge in [-0.05, 0) is 13.8 Å². The van der Waals surface area contributed by atoms with E-state index in [2.05, 4.69) is 5.32 Å². The summed E-state index contributed by atoms with van der Waals surface area (Å²) >= 11 is 0. The maximum atomic E-state index is 12.3. The Morgan fingerprint density at radius 3 is 1.67 bits per heavy atom. The number of carbonyl (C=O) groups excluding carboxylic acids is 6. The van der Waals surface area contributed by atoms with Gasteiger partial charge in [0.15, 0.2) is 17.8 Å². The van der Waals surface area contributed by atoms with Crippen LogP contribution in [0.1, 0.15) is 41.5 Å². The van der Waals surface area contributed by atoms with E-state index in [0.717, 1.165) is 33.9 Å². The van der Waals surface area contributed by atoms with Crippen molar-refractivity contribution in [3.8, 4) is 0 Å². The van der Waals surface area contributed by atoms with E-state index in [1.165, 1.54) is 13.8 Å². The molecule has 202 valence electrons. The highest BCUT2D eigenvalue weighted by Crippen LogP contribution is 2.28. The standard InChI is InChI=1S/C22H31NO13/c1-7-30-20(28)15(21(29)31-8-2)9-23-17-19(34-13(5)26)18(33-12(4)25)16(10-32-11(3)24)36-22(17)35-14(6)27/h9,16-19,22-23H,7-8,10H2,1-6H3/t16-,17+,18-,19-,22-/m1/s1. The van der Waals surface area contributed by atoms with E-state index >= 15 is 0 Å². The largest absolute Gasteiger partial charge is 0.463 e. The molecule has 0 aliphatic carbocycles. The van der Waals surface area contributed by atoms with Crippen LogP contribution < -0.4 is 5.32 Å². The van der Waals surface area contributed by atoms with Crippen LogP contribution in [0.5, 0.6) is 0 Å². The lowest BCUT2D eigenvalue weighted by molar-refractivity contribution is -0.270. The Labute approximate surface area is 207 Å². The molecule has 0 bridgehead atoms. The second-order valence-corrected chi connectivity index (χ2v) is 7.29. The first kappa shape index (κ1) is 30.4. The molecule has 1 aliphatic heterocycles. The van der Waals surface area contributed by atoms with Crippen LogP contribution in [0, 0.1) is 0 Å². The normalized spacial score (nSPS) is 22.8. The average molecular weight is 517 g/mol. The smallest absolute Gasteiger partial charge is 0.347 e. The average Bonchev–Trinajstić information content (AvgIpc) is 2.75. The highest BCUT2D eigenvalue weighted by molar-refractivity contribution is 6.13. The summed E-state index contributed by atoms with van der Waals surface area (Å²) in [6, 6.07) is -1.31. The van der Waals surface area contributed by atoms with Crippen molar-refractivity contribution in [2.24, 2.45) is 0 Å². The molecule has 5 atom stereocenters. The van der Waals surface area contributed by atoms with E-state index in [4.69, 9.17) is 33.2 Å². The van der Waals surface area contributed by atoms with Crippen LogP contribution in [0.4, 0.5) is 0 Å². The van der Waals surface area contributed by atoms with Crippen LogP contribution in [0.3, 0.4) is 0 Å². The molecule has 36 heavy (non-hydrogen) atoms. The molecule has 1 heterocycles. The summed E-state index contributed by atoms with van der Waals surface area (Å²) in [5.41, 5.74) is -0.548. The van der Waals surface area contributed by atoms with Gasteiger partial charge < -0.3 is 38.5 Å². The van der Waals surface area contributed by atoms with Gasteiger partial charge >= 0.3 is 35.8 Å². The molecule has 1 rings (SSSR count). The van der Waals surface area contributed by atoms with Crippen molar-refractivity contribution in [1.82, 2.24) is 5.32 Å². The minimum atomic E-state index is -1.51. The Hall–Kier alpha value is -3.68. The molecular formula is C22H31NO13. The van der Waals surface area contributed by atoms with Gasteiger partial charge in [-0.25, -0.2) is 9.59 Å².